The van der Waals surface area contributed by atoms with E-state index in [1.54, 1.807) is 12.1 Å². The van der Waals surface area contributed by atoms with Crippen molar-refractivity contribution in [3.05, 3.63) is 70.6 Å². The molecule has 4 heteroatoms. The highest BCUT2D eigenvalue weighted by atomic mass is 35.5. The van der Waals surface area contributed by atoms with Gasteiger partial charge in [-0.15, -0.1) is 0 Å². The topological polar surface area (TPSA) is 25.2 Å². The van der Waals surface area contributed by atoms with Crippen molar-refractivity contribution in [1.29, 1.82) is 0 Å². The van der Waals surface area contributed by atoms with Gasteiger partial charge in [-0.25, -0.2) is 4.39 Å². The van der Waals surface area contributed by atoms with Gasteiger partial charge in [-0.2, -0.15) is 0 Å². The Hall–Kier alpha value is -1.84. The monoisotopic (exact) mass is 289 g/mol. The molecule has 0 spiro atoms. The fourth-order valence-electron chi connectivity index (χ4n) is 2.43. The molecule has 0 atom stereocenters. The van der Waals surface area contributed by atoms with Crippen molar-refractivity contribution in [2.45, 2.75) is 13.2 Å². The van der Waals surface area contributed by atoms with Gasteiger partial charge >= 0.3 is 0 Å². The van der Waals surface area contributed by atoms with E-state index in [2.05, 4.69) is 0 Å². The van der Waals surface area contributed by atoms with Crippen LogP contribution in [0.4, 0.5) is 4.39 Å². The molecule has 1 aromatic heterocycles. The first kappa shape index (κ1) is 13.2. The average molecular weight is 290 g/mol. The van der Waals surface area contributed by atoms with Crippen LogP contribution in [0.25, 0.3) is 10.9 Å². The first-order valence-electron chi connectivity index (χ1n) is 6.30. The van der Waals surface area contributed by atoms with Crippen molar-refractivity contribution in [2.24, 2.45) is 0 Å². The average Bonchev–Trinajstić information content (AvgIpc) is 2.85. The maximum Gasteiger partial charge on any atom is 0.129 e. The van der Waals surface area contributed by atoms with Crippen LogP contribution in [0.2, 0.25) is 5.02 Å². The molecule has 1 heterocycles. The molecule has 0 fully saturated rings. The highest BCUT2D eigenvalue weighted by Crippen LogP contribution is 2.23. The summed E-state index contributed by atoms with van der Waals surface area (Å²) in [5.41, 5.74) is 2.34. The molecular weight excluding hydrogens is 277 g/mol. The third-order valence-corrected chi connectivity index (χ3v) is 3.63. The zero-order valence-electron chi connectivity index (χ0n) is 10.7. The minimum absolute atomic E-state index is 0.0372. The molecule has 102 valence electrons. The number of hydrogen-bond donors (Lipinski definition) is 1. The van der Waals surface area contributed by atoms with Crippen molar-refractivity contribution >= 4 is 22.5 Å². The minimum atomic E-state index is -0.319. The van der Waals surface area contributed by atoms with Gasteiger partial charge in [0.25, 0.3) is 0 Å². The predicted octanol–water partition coefficient (Wildman–Crippen LogP) is 3.97. The summed E-state index contributed by atoms with van der Waals surface area (Å²) < 4.78 is 15.8. The van der Waals surface area contributed by atoms with Crippen molar-refractivity contribution in [1.82, 2.24) is 4.57 Å². The fourth-order valence-corrected chi connectivity index (χ4v) is 2.59. The van der Waals surface area contributed by atoms with Crippen LogP contribution in [0.3, 0.4) is 0 Å². The molecule has 0 bridgehead atoms. The third kappa shape index (κ3) is 2.30. The Bertz CT molecular complexity index is 766. The number of fused-ring (bicyclic) bond motifs is 1. The van der Waals surface area contributed by atoms with E-state index in [0.717, 1.165) is 16.5 Å². The Morgan fingerprint density at radius 2 is 1.95 bits per heavy atom. The maximum atomic E-state index is 13.9. The van der Waals surface area contributed by atoms with Crippen LogP contribution in [0.15, 0.2) is 48.7 Å². The molecule has 1 N–H and O–H groups in total. The SMILES string of the molecule is OCc1cccc2ccn(Cc3ccc(Cl)cc3F)c12. The lowest BCUT2D eigenvalue weighted by molar-refractivity contribution is 0.283. The van der Waals surface area contributed by atoms with E-state index in [4.69, 9.17) is 11.6 Å². The Kier molecular flexibility index (Phi) is 3.47. The minimum Gasteiger partial charge on any atom is -0.392 e. The largest absolute Gasteiger partial charge is 0.392 e. The van der Waals surface area contributed by atoms with Crippen molar-refractivity contribution < 1.29 is 9.50 Å². The number of rotatable bonds is 3. The second-order valence-corrected chi connectivity index (χ2v) is 5.13. The Morgan fingerprint density at radius 3 is 2.70 bits per heavy atom. The van der Waals surface area contributed by atoms with E-state index in [9.17, 15) is 9.50 Å². The molecule has 0 aliphatic carbocycles. The van der Waals surface area contributed by atoms with Gasteiger partial charge in [-0.05, 0) is 23.6 Å². The van der Waals surface area contributed by atoms with E-state index in [1.165, 1.54) is 6.07 Å². The Balaban J connectivity index is 2.06. The summed E-state index contributed by atoms with van der Waals surface area (Å²) >= 11 is 5.76. The smallest absolute Gasteiger partial charge is 0.129 e. The van der Waals surface area contributed by atoms with E-state index in [0.29, 0.717) is 17.1 Å². The Morgan fingerprint density at radius 1 is 1.10 bits per heavy atom. The number of aliphatic hydroxyl groups excluding tert-OH is 1. The van der Waals surface area contributed by atoms with Gasteiger partial charge in [0.05, 0.1) is 18.7 Å². The summed E-state index contributed by atoms with van der Waals surface area (Å²) in [7, 11) is 0. The van der Waals surface area contributed by atoms with E-state index < -0.39 is 0 Å². The number of hydrogen-bond acceptors (Lipinski definition) is 1. The predicted molar refractivity (Wildman–Crippen MR) is 78.4 cm³/mol. The fraction of sp³-hybridized carbons (Fsp3) is 0.125. The van der Waals surface area contributed by atoms with Gasteiger partial charge in [0, 0.05) is 22.3 Å². The molecule has 0 aliphatic rings. The van der Waals surface area contributed by atoms with Gasteiger partial charge in [0.15, 0.2) is 0 Å². The second kappa shape index (κ2) is 5.27. The molecule has 3 rings (SSSR count). The molecule has 2 nitrogen and oxygen atoms in total. The molecule has 0 unspecified atom stereocenters. The Labute approximate surface area is 121 Å². The number of benzene rings is 2. The number of nitrogens with zero attached hydrogens (tertiary/aromatic N) is 1. The maximum absolute atomic E-state index is 13.9. The summed E-state index contributed by atoms with van der Waals surface area (Å²) in [6.07, 6.45) is 1.90. The zero-order chi connectivity index (χ0) is 14.1. The highest BCUT2D eigenvalue weighted by Gasteiger charge is 2.09. The highest BCUT2D eigenvalue weighted by molar-refractivity contribution is 6.30. The van der Waals surface area contributed by atoms with Crippen molar-refractivity contribution in [3.63, 3.8) is 0 Å². The number of aliphatic hydroxyl groups is 1. The third-order valence-electron chi connectivity index (χ3n) is 3.40. The first-order chi connectivity index (χ1) is 9.69. The number of halogens is 2. The van der Waals surface area contributed by atoms with Gasteiger partial charge < -0.3 is 9.67 Å². The summed E-state index contributed by atoms with van der Waals surface area (Å²) in [6.45, 7) is 0.369. The lowest BCUT2D eigenvalue weighted by atomic mass is 10.1. The van der Waals surface area contributed by atoms with Crippen LogP contribution in [-0.4, -0.2) is 9.67 Å². The molecule has 0 saturated carbocycles. The van der Waals surface area contributed by atoms with Crippen LogP contribution in [-0.2, 0) is 13.2 Å². The normalized spacial score (nSPS) is 11.2. The molecule has 0 radical (unpaired) electrons. The quantitative estimate of drug-likeness (QED) is 0.775. The van der Waals surface area contributed by atoms with Gasteiger partial charge in [0.1, 0.15) is 5.82 Å². The van der Waals surface area contributed by atoms with Crippen LogP contribution in [0.5, 0.6) is 0 Å². The second-order valence-electron chi connectivity index (χ2n) is 4.69. The number of para-hydroxylation sites is 1. The van der Waals surface area contributed by atoms with E-state index in [1.807, 2.05) is 35.0 Å². The summed E-state index contributed by atoms with van der Waals surface area (Å²) in [5.74, 6) is -0.319. The summed E-state index contributed by atoms with van der Waals surface area (Å²) in [6, 6.07) is 12.4. The lowest BCUT2D eigenvalue weighted by Crippen LogP contribution is -2.02. The first-order valence-corrected chi connectivity index (χ1v) is 6.68. The molecule has 20 heavy (non-hydrogen) atoms. The van der Waals surface area contributed by atoms with Gasteiger partial charge in [-0.1, -0.05) is 35.9 Å². The van der Waals surface area contributed by atoms with Crippen LogP contribution in [0, 0.1) is 5.82 Å². The van der Waals surface area contributed by atoms with Crippen LogP contribution in [0.1, 0.15) is 11.1 Å². The van der Waals surface area contributed by atoms with Crippen molar-refractivity contribution in [3.8, 4) is 0 Å². The van der Waals surface area contributed by atoms with Gasteiger partial charge in [0.2, 0.25) is 0 Å². The van der Waals surface area contributed by atoms with E-state index in [-0.39, 0.29) is 12.4 Å². The van der Waals surface area contributed by atoms with Crippen molar-refractivity contribution in [2.75, 3.05) is 0 Å². The molecule has 0 amide bonds. The van der Waals surface area contributed by atoms with Crippen LogP contribution >= 0.6 is 11.6 Å². The lowest BCUT2D eigenvalue weighted by Gasteiger charge is -2.09. The van der Waals surface area contributed by atoms with E-state index >= 15 is 0 Å². The molecule has 3 aromatic rings. The van der Waals surface area contributed by atoms with Gasteiger partial charge in [-0.3, -0.25) is 0 Å². The standard InChI is InChI=1S/C16H13ClFNO/c17-14-5-4-12(15(18)8-14)9-19-7-6-11-2-1-3-13(10-20)16(11)19/h1-8,20H,9-10H2. The molecule has 2 aromatic carbocycles. The van der Waals surface area contributed by atoms with Crippen LogP contribution < -0.4 is 0 Å². The molecule has 0 saturated heterocycles. The molecular formula is C16H13ClFNO. The number of aromatic nitrogens is 1. The summed E-state index contributed by atoms with van der Waals surface area (Å²) in [5, 5.41) is 10.9. The zero-order valence-corrected chi connectivity index (χ0v) is 11.4. The summed E-state index contributed by atoms with van der Waals surface area (Å²) in [4.78, 5) is 0. The molecule has 0 aliphatic heterocycles.